The lowest BCUT2D eigenvalue weighted by molar-refractivity contribution is -0.115. The molecule has 26 heavy (non-hydrogen) atoms. The molecule has 1 amide bonds. The summed E-state index contributed by atoms with van der Waals surface area (Å²) in [5.41, 5.74) is 4.66. The van der Waals surface area contributed by atoms with E-state index in [9.17, 15) is 4.79 Å². The first kappa shape index (κ1) is 16.8. The minimum atomic E-state index is -0.241. The number of nitrogens with one attached hydrogen (secondary N) is 1. The van der Waals surface area contributed by atoms with E-state index in [0.29, 0.717) is 16.5 Å². The fourth-order valence-electron chi connectivity index (χ4n) is 3.21. The number of fused-ring (bicyclic) bond motifs is 2. The zero-order valence-electron chi connectivity index (χ0n) is 14.4. The predicted molar refractivity (Wildman–Crippen MR) is 100 cm³/mol. The van der Waals surface area contributed by atoms with Gasteiger partial charge in [-0.15, -0.1) is 11.3 Å². The smallest absolute Gasteiger partial charge is 0.233 e. The summed E-state index contributed by atoms with van der Waals surface area (Å²) in [5, 5.41) is 13.5. The molecule has 4 rings (SSSR count). The molecule has 132 valence electrons. The highest BCUT2D eigenvalue weighted by molar-refractivity contribution is 7.11. The van der Waals surface area contributed by atoms with Crippen molar-refractivity contribution in [2.75, 3.05) is 25.5 Å². The summed E-state index contributed by atoms with van der Waals surface area (Å²) in [6.45, 7) is 2.07. The Morgan fingerprint density at radius 2 is 2.15 bits per heavy atom. The van der Waals surface area contributed by atoms with E-state index in [1.54, 1.807) is 11.4 Å². The number of anilines is 1. The van der Waals surface area contributed by atoms with Crippen LogP contribution in [0.1, 0.15) is 21.9 Å². The van der Waals surface area contributed by atoms with Gasteiger partial charge in [-0.25, -0.2) is 4.98 Å². The Balaban J connectivity index is 1.53. The Labute approximate surface area is 155 Å². The first-order chi connectivity index (χ1) is 12.6. The fraction of sp³-hybridized carbons (Fsp3) is 0.316. The molecule has 0 atom stereocenters. The number of nitriles is 1. The lowest BCUT2D eigenvalue weighted by Gasteiger charge is -2.10. The number of oxazole rings is 1. The van der Waals surface area contributed by atoms with Gasteiger partial charge in [-0.2, -0.15) is 5.26 Å². The Morgan fingerprint density at radius 3 is 2.92 bits per heavy atom. The Morgan fingerprint density at radius 1 is 1.38 bits per heavy atom. The number of hydrogen-bond acceptors (Lipinski definition) is 6. The summed E-state index contributed by atoms with van der Waals surface area (Å²) in [4.78, 5) is 19.5. The van der Waals surface area contributed by atoms with Gasteiger partial charge in [-0.3, -0.25) is 4.79 Å². The quantitative estimate of drug-likeness (QED) is 0.771. The van der Waals surface area contributed by atoms with Gasteiger partial charge in [0.25, 0.3) is 0 Å². The van der Waals surface area contributed by atoms with Crippen LogP contribution in [0.25, 0.3) is 11.1 Å². The number of likely N-dealkylation sites (N-methyl/N-ethyl adjacent to an activating group) is 1. The summed E-state index contributed by atoms with van der Waals surface area (Å²) < 4.78 is 5.80. The second-order valence-corrected chi connectivity index (χ2v) is 7.42. The van der Waals surface area contributed by atoms with E-state index in [2.05, 4.69) is 40.5 Å². The molecular weight excluding hydrogens is 348 g/mol. The highest BCUT2D eigenvalue weighted by Crippen LogP contribution is 2.25. The molecule has 3 aromatic rings. The lowest BCUT2D eigenvalue weighted by Crippen LogP contribution is -2.20. The van der Waals surface area contributed by atoms with E-state index in [0.717, 1.165) is 37.0 Å². The van der Waals surface area contributed by atoms with Crippen LogP contribution in [0.2, 0.25) is 0 Å². The van der Waals surface area contributed by atoms with E-state index < -0.39 is 0 Å². The van der Waals surface area contributed by atoms with Crippen molar-refractivity contribution < 1.29 is 9.21 Å². The van der Waals surface area contributed by atoms with Gasteiger partial charge >= 0.3 is 0 Å². The first-order valence-electron chi connectivity index (χ1n) is 8.49. The fourth-order valence-corrected chi connectivity index (χ4v) is 3.85. The third-order valence-corrected chi connectivity index (χ3v) is 5.45. The van der Waals surface area contributed by atoms with Gasteiger partial charge < -0.3 is 14.6 Å². The number of thiophene rings is 1. The number of amides is 1. The van der Waals surface area contributed by atoms with Crippen LogP contribution in [0, 0.1) is 11.3 Å². The largest absolute Gasteiger partial charge is 0.440 e. The zero-order chi connectivity index (χ0) is 18.1. The summed E-state index contributed by atoms with van der Waals surface area (Å²) in [6.07, 6.45) is 2.04. The molecule has 0 bridgehead atoms. The summed E-state index contributed by atoms with van der Waals surface area (Å²) >= 11 is 1.30. The van der Waals surface area contributed by atoms with Crippen LogP contribution in [-0.4, -0.2) is 35.9 Å². The van der Waals surface area contributed by atoms with Crippen molar-refractivity contribution in [1.82, 2.24) is 9.88 Å². The standard InChI is InChI=1S/C19H18N4O2S/c1-23-5-2-12-8-15-16(9-13(12)3-6-23)25-19(22-15)10-18(24)21-14-4-7-26-17(14)11-20/h4,7-9H,2-3,5-6,10H2,1H3,(H,21,24). The third-order valence-electron chi connectivity index (χ3n) is 4.63. The number of nitrogens with zero attached hydrogens (tertiary/aromatic N) is 3. The number of benzene rings is 1. The van der Waals surface area contributed by atoms with Crippen molar-refractivity contribution in [3.8, 4) is 6.07 Å². The molecule has 1 aliphatic heterocycles. The zero-order valence-corrected chi connectivity index (χ0v) is 15.2. The topological polar surface area (TPSA) is 82.2 Å². The number of hydrogen-bond donors (Lipinski definition) is 1. The maximum Gasteiger partial charge on any atom is 0.233 e. The van der Waals surface area contributed by atoms with Crippen molar-refractivity contribution in [3.63, 3.8) is 0 Å². The maximum absolute atomic E-state index is 12.2. The monoisotopic (exact) mass is 366 g/mol. The lowest BCUT2D eigenvalue weighted by atomic mass is 10.0. The van der Waals surface area contributed by atoms with Crippen LogP contribution < -0.4 is 5.32 Å². The van der Waals surface area contributed by atoms with E-state index in [4.69, 9.17) is 9.68 Å². The van der Waals surface area contributed by atoms with Crippen LogP contribution in [-0.2, 0) is 24.1 Å². The van der Waals surface area contributed by atoms with Crippen LogP contribution in [0.4, 0.5) is 5.69 Å². The molecule has 3 heterocycles. The van der Waals surface area contributed by atoms with Crippen molar-refractivity contribution in [1.29, 1.82) is 5.26 Å². The van der Waals surface area contributed by atoms with Crippen LogP contribution in [0.3, 0.4) is 0 Å². The molecule has 0 aliphatic carbocycles. The van der Waals surface area contributed by atoms with Gasteiger partial charge in [0, 0.05) is 13.1 Å². The normalized spacial score (nSPS) is 14.6. The highest BCUT2D eigenvalue weighted by atomic mass is 32.1. The molecule has 0 spiro atoms. The Kier molecular flexibility index (Phi) is 4.45. The minimum absolute atomic E-state index is 0.0444. The Hall–Kier alpha value is -2.69. The van der Waals surface area contributed by atoms with Gasteiger partial charge in [0.15, 0.2) is 5.58 Å². The van der Waals surface area contributed by atoms with Gasteiger partial charge in [0.1, 0.15) is 22.9 Å². The number of carbonyl (C=O) groups excluding carboxylic acids is 1. The molecular formula is C19H18N4O2S. The summed E-state index contributed by atoms with van der Waals surface area (Å²) in [6, 6.07) is 7.94. The molecule has 1 aromatic carbocycles. The molecule has 0 unspecified atom stereocenters. The van der Waals surface area contributed by atoms with Gasteiger partial charge in [-0.05, 0) is 54.6 Å². The number of carbonyl (C=O) groups is 1. The second-order valence-electron chi connectivity index (χ2n) is 6.50. The molecule has 0 saturated carbocycles. The minimum Gasteiger partial charge on any atom is -0.440 e. The maximum atomic E-state index is 12.2. The molecule has 0 fully saturated rings. The van der Waals surface area contributed by atoms with Crippen molar-refractivity contribution >= 4 is 34.0 Å². The van der Waals surface area contributed by atoms with E-state index in [-0.39, 0.29) is 12.3 Å². The molecule has 2 aromatic heterocycles. The second kappa shape index (κ2) is 6.90. The van der Waals surface area contributed by atoms with Crippen LogP contribution in [0.15, 0.2) is 28.0 Å². The molecule has 1 aliphatic rings. The predicted octanol–water partition coefficient (Wildman–Crippen LogP) is 2.97. The molecule has 0 saturated heterocycles. The first-order valence-corrected chi connectivity index (χ1v) is 9.37. The van der Waals surface area contributed by atoms with Crippen molar-refractivity contribution in [2.45, 2.75) is 19.3 Å². The molecule has 6 nitrogen and oxygen atoms in total. The van der Waals surface area contributed by atoms with Gasteiger partial charge in [0.05, 0.1) is 5.69 Å². The molecule has 1 N–H and O–H groups in total. The van der Waals surface area contributed by atoms with Gasteiger partial charge in [-0.1, -0.05) is 0 Å². The average Bonchev–Trinajstić information content (AvgIpc) is 3.17. The van der Waals surface area contributed by atoms with E-state index in [1.165, 1.54) is 22.5 Å². The molecule has 7 heteroatoms. The summed E-state index contributed by atoms with van der Waals surface area (Å²) in [7, 11) is 2.14. The Bertz CT molecular complexity index is 969. The average molecular weight is 366 g/mol. The van der Waals surface area contributed by atoms with E-state index in [1.807, 2.05) is 0 Å². The van der Waals surface area contributed by atoms with Crippen molar-refractivity contribution in [3.05, 3.63) is 45.5 Å². The summed E-state index contributed by atoms with van der Waals surface area (Å²) in [5.74, 6) is 0.151. The number of rotatable bonds is 3. The number of aromatic nitrogens is 1. The highest BCUT2D eigenvalue weighted by Gasteiger charge is 2.17. The third kappa shape index (κ3) is 3.34. The van der Waals surface area contributed by atoms with E-state index >= 15 is 0 Å². The molecule has 0 radical (unpaired) electrons. The van der Waals surface area contributed by atoms with Gasteiger partial charge in [0.2, 0.25) is 11.8 Å². The van der Waals surface area contributed by atoms with Crippen LogP contribution in [0.5, 0.6) is 0 Å². The van der Waals surface area contributed by atoms with Crippen LogP contribution >= 0.6 is 11.3 Å². The van der Waals surface area contributed by atoms with Crippen molar-refractivity contribution in [2.24, 2.45) is 0 Å². The SMILES string of the molecule is CN1CCc2cc3nc(CC(=O)Nc4ccsc4C#N)oc3cc2CC1.